The Kier molecular flexibility index (Phi) is 3.76. The van der Waals surface area contributed by atoms with E-state index in [2.05, 4.69) is 37.6 Å². The fourth-order valence-corrected chi connectivity index (χ4v) is 1.79. The van der Waals surface area contributed by atoms with E-state index >= 15 is 0 Å². The quantitative estimate of drug-likeness (QED) is 0.449. The molecule has 0 saturated carbocycles. The molecule has 1 heterocycles. The number of hydrogen-bond donors (Lipinski definition) is 0. The van der Waals surface area contributed by atoms with Crippen LogP contribution in [0.1, 0.15) is 40.5 Å². The molecule has 0 aromatic rings. The van der Waals surface area contributed by atoms with Crippen molar-refractivity contribution in [1.29, 1.82) is 0 Å². The van der Waals surface area contributed by atoms with E-state index in [1.54, 1.807) is 0 Å². The second-order valence-electron chi connectivity index (χ2n) is 4.44. The third-order valence-electron chi connectivity index (χ3n) is 2.69. The van der Waals surface area contributed by atoms with E-state index in [0.29, 0.717) is 6.04 Å². The number of amidine groups is 1. The molecule has 0 amide bonds. The van der Waals surface area contributed by atoms with Gasteiger partial charge < -0.3 is 4.90 Å². The first kappa shape index (κ1) is 10.6. The normalized spacial score (nSPS) is 21.3. The van der Waals surface area contributed by atoms with Crippen LogP contribution in [0.4, 0.5) is 0 Å². The zero-order valence-electron chi connectivity index (χ0n) is 9.38. The summed E-state index contributed by atoms with van der Waals surface area (Å²) in [5.41, 5.74) is 0. The lowest BCUT2D eigenvalue weighted by molar-refractivity contribution is 0.278. The molecule has 1 aliphatic heterocycles. The Balaban J connectivity index is 2.44. The molecule has 0 atom stereocenters. The smallest absolute Gasteiger partial charge is 0.0960 e. The van der Waals surface area contributed by atoms with Crippen molar-refractivity contribution in [2.45, 2.75) is 46.6 Å². The highest BCUT2D eigenvalue weighted by Crippen LogP contribution is 2.16. The predicted molar refractivity (Wildman–Crippen MR) is 58.2 cm³/mol. The molecular formula is C11H22N2. The van der Waals surface area contributed by atoms with Gasteiger partial charge in [-0.05, 0) is 39.5 Å². The van der Waals surface area contributed by atoms with Gasteiger partial charge in [0.05, 0.1) is 5.84 Å². The van der Waals surface area contributed by atoms with Gasteiger partial charge in [0.1, 0.15) is 0 Å². The molecule has 1 saturated heterocycles. The van der Waals surface area contributed by atoms with Crippen LogP contribution < -0.4 is 0 Å². The monoisotopic (exact) mass is 182 g/mol. The van der Waals surface area contributed by atoms with E-state index in [1.807, 2.05) is 0 Å². The summed E-state index contributed by atoms with van der Waals surface area (Å²) in [5.74, 6) is 2.13. The van der Waals surface area contributed by atoms with Gasteiger partial charge >= 0.3 is 0 Å². The van der Waals surface area contributed by atoms with Crippen molar-refractivity contribution in [1.82, 2.24) is 4.90 Å². The summed E-state index contributed by atoms with van der Waals surface area (Å²) in [6.45, 7) is 11.1. The van der Waals surface area contributed by atoms with E-state index in [9.17, 15) is 0 Å². The standard InChI is InChI=1S/C11H22N2/c1-9(2)12-11(4)13-7-5-10(3)6-8-13/h9-10H,5-8H2,1-4H3. The number of aliphatic imine (C=N–C) groups is 1. The molecule has 0 spiro atoms. The third kappa shape index (κ3) is 3.37. The van der Waals surface area contributed by atoms with Crippen molar-refractivity contribution in [2.75, 3.05) is 13.1 Å². The Morgan fingerprint density at radius 3 is 2.31 bits per heavy atom. The van der Waals surface area contributed by atoms with Crippen molar-refractivity contribution >= 4 is 5.84 Å². The average molecular weight is 182 g/mol. The van der Waals surface area contributed by atoms with Gasteiger partial charge in [-0.25, -0.2) is 0 Å². The second kappa shape index (κ2) is 4.64. The summed E-state index contributed by atoms with van der Waals surface area (Å²) in [6.07, 6.45) is 2.65. The fraction of sp³-hybridized carbons (Fsp3) is 0.909. The molecule has 0 aromatic heterocycles. The van der Waals surface area contributed by atoms with E-state index in [0.717, 1.165) is 5.92 Å². The largest absolute Gasteiger partial charge is 0.361 e. The Morgan fingerprint density at radius 2 is 1.85 bits per heavy atom. The molecule has 2 heteroatoms. The van der Waals surface area contributed by atoms with Gasteiger partial charge in [0.15, 0.2) is 0 Å². The van der Waals surface area contributed by atoms with Crippen LogP contribution in [0.3, 0.4) is 0 Å². The molecular weight excluding hydrogens is 160 g/mol. The van der Waals surface area contributed by atoms with E-state index in [4.69, 9.17) is 0 Å². The Hall–Kier alpha value is -0.530. The van der Waals surface area contributed by atoms with Crippen LogP contribution in [0.25, 0.3) is 0 Å². The maximum Gasteiger partial charge on any atom is 0.0960 e. The lowest BCUT2D eigenvalue weighted by atomic mass is 9.99. The summed E-state index contributed by atoms with van der Waals surface area (Å²) < 4.78 is 0. The van der Waals surface area contributed by atoms with Crippen molar-refractivity contribution in [3.8, 4) is 0 Å². The van der Waals surface area contributed by atoms with Crippen LogP contribution in [0.2, 0.25) is 0 Å². The lowest BCUT2D eigenvalue weighted by Crippen LogP contribution is -2.36. The molecule has 0 unspecified atom stereocenters. The summed E-state index contributed by atoms with van der Waals surface area (Å²) in [5, 5.41) is 0. The van der Waals surface area contributed by atoms with Crippen molar-refractivity contribution in [3.05, 3.63) is 0 Å². The first-order chi connectivity index (χ1) is 6.09. The molecule has 0 aliphatic carbocycles. The van der Waals surface area contributed by atoms with Crippen molar-refractivity contribution in [2.24, 2.45) is 10.9 Å². The zero-order valence-corrected chi connectivity index (χ0v) is 9.38. The minimum absolute atomic E-state index is 0.430. The summed E-state index contributed by atoms with van der Waals surface area (Å²) in [6, 6.07) is 0.430. The summed E-state index contributed by atoms with van der Waals surface area (Å²) in [4.78, 5) is 6.99. The van der Waals surface area contributed by atoms with Gasteiger partial charge in [-0.15, -0.1) is 0 Å². The van der Waals surface area contributed by atoms with Gasteiger partial charge in [0.2, 0.25) is 0 Å². The Labute approximate surface area is 82.0 Å². The van der Waals surface area contributed by atoms with E-state index < -0.39 is 0 Å². The molecule has 76 valence electrons. The van der Waals surface area contributed by atoms with E-state index in [-0.39, 0.29) is 0 Å². The molecule has 0 radical (unpaired) electrons. The van der Waals surface area contributed by atoms with Crippen LogP contribution in [-0.4, -0.2) is 29.9 Å². The Morgan fingerprint density at radius 1 is 1.31 bits per heavy atom. The van der Waals surface area contributed by atoms with Gasteiger partial charge in [0, 0.05) is 19.1 Å². The van der Waals surface area contributed by atoms with Gasteiger partial charge in [-0.3, -0.25) is 4.99 Å². The average Bonchev–Trinajstić information content (AvgIpc) is 2.04. The van der Waals surface area contributed by atoms with Crippen LogP contribution in [-0.2, 0) is 0 Å². The molecule has 0 bridgehead atoms. The van der Waals surface area contributed by atoms with Crippen LogP contribution in [0.5, 0.6) is 0 Å². The number of nitrogens with zero attached hydrogens (tertiary/aromatic N) is 2. The van der Waals surface area contributed by atoms with Gasteiger partial charge in [-0.1, -0.05) is 6.92 Å². The highest BCUT2D eigenvalue weighted by molar-refractivity contribution is 5.79. The molecule has 0 N–H and O–H groups in total. The van der Waals surface area contributed by atoms with Gasteiger partial charge in [-0.2, -0.15) is 0 Å². The molecule has 1 aliphatic rings. The maximum absolute atomic E-state index is 4.57. The number of rotatable bonds is 1. The molecule has 1 fully saturated rings. The highest BCUT2D eigenvalue weighted by Gasteiger charge is 2.16. The predicted octanol–water partition coefficient (Wildman–Crippen LogP) is 2.55. The third-order valence-corrected chi connectivity index (χ3v) is 2.69. The van der Waals surface area contributed by atoms with Crippen molar-refractivity contribution < 1.29 is 0 Å². The zero-order chi connectivity index (χ0) is 9.84. The maximum atomic E-state index is 4.57. The number of hydrogen-bond acceptors (Lipinski definition) is 1. The van der Waals surface area contributed by atoms with Crippen LogP contribution in [0, 0.1) is 5.92 Å². The van der Waals surface area contributed by atoms with Crippen LogP contribution >= 0.6 is 0 Å². The molecule has 2 nitrogen and oxygen atoms in total. The fourth-order valence-electron chi connectivity index (χ4n) is 1.79. The van der Waals surface area contributed by atoms with Gasteiger partial charge in [0.25, 0.3) is 0 Å². The van der Waals surface area contributed by atoms with E-state index in [1.165, 1.54) is 31.8 Å². The summed E-state index contributed by atoms with van der Waals surface area (Å²) >= 11 is 0. The minimum Gasteiger partial charge on any atom is -0.361 e. The van der Waals surface area contributed by atoms with Crippen molar-refractivity contribution in [3.63, 3.8) is 0 Å². The minimum atomic E-state index is 0.430. The molecule has 13 heavy (non-hydrogen) atoms. The topological polar surface area (TPSA) is 15.6 Å². The molecule has 1 rings (SSSR count). The SMILES string of the molecule is CC(=NC(C)C)N1CCC(C)CC1. The first-order valence-electron chi connectivity index (χ1n) is 5.39. The number of piperidine rings is 1. The lowest BCUT2D eigenvalue weighted by Gasteiger charge is -2.32. The highest BCUT2D eigenvalue weighted by atomic mass is 15.2. The van der Waals surface area contributed by atoms with Crippen LogP contribution in [0.15, 0.2) is 4.99 Å². The Bertz CT molecular complexity index is 177. The first-order valence-corrected chi connectivity index (χ1v) is 5.39. The summed E-state index contributed by atoms with van der Waals surface area (Å²) in [7, 11) is 0. The molecule has 0 aromatic carbocycles. The second-order valence-corrected chi connectivity index (χ2v) is 4.44. The number of likely N-dealkylation sites (tertiary alicyclic amines) is 1.